The van der Waals surface area contributed by atoms with Crippen LogP contribution in [0.4, 0.5) is 0 Å². The van der Waals surface area contributed by atoms with Gasteiger partial charge < -0.3 is 9.47 Å². The first-order valence-electron chi connectivity index (χ1n) is 9.77. The first kappa shape index (κ1) is 25.9. The minimum Gasteiger partial charge on any atom is -0.424 e. The minimum atomic E-state index is -1.58. The maximum Gasteiger partial charge on any atom is 0.368 e. The van der Waals surface area contributed by atoms with Gasteiger partial charge in [0.15, 0.2) is 0 Å². The number of unbranched alkanes of at least 4 members (excludes halogenated alkanes) is 1. The van der Waals surface area contributed by atoms with Crippen LogP contribution in [-0.4, -0.2) is 30.2 Å². The summed E-state index contributed by atoms with van der Waals surface area (Å²) in [5.41, 5.74) is -1.58. The molecule has 0 saturated heterocycles. The van der Waals surface area contributed by atoms with Crippen molar-refractivity contribution in [3.63, 3.8) is 0 Å². The van der Waals surface area contributed by atoms with Gasteiger partial charge >= 0.3 is 23.9 Å². The van der Waals surface area contributed by atoms with Crippen LogP contribution < -0.4 is 0 Å². The molecule has 162 valence electrons. The van der Waals surface area contributed by atoms with E-state index in [4.69, 9.17) is 9.47 Å². The molecule has 28 heavy (non-hydrogen) atoms. The molecule has 0 aliphatic heterocycles. The fraction of sp³-hybridized carbons (Fsp3) is 0.800. The Labute approximate surface area is 167 Å². The summed E-state index contributed by atoms with van der Waals surface area (Å²) in [7, 11) is 0. The Bertz CT molecular complexity index is 538. The molecular formula is C20H34O8. The van der Waals surface area contributed by atoms with Crippen molar-refractivity contribution in [2.45, 2.75) is 86.9 Å². The lowest BCUT2D eigenvalue weighted by Gasteiger charge is -2.30. The van der Waals surface area contributed by atoms with Gasteiger partial charge in [-0.05, 0) is 32.6 Å². The molecule has 0 bridgehead atoms. The van der Waals surface area contributed by atoms with E-state index in [-0.39, 0.29) is 18.8 Å². The molecule has 0 heterocycles. The summed E-state index contributed by atoms with van der Waals surface area (Å²) in [6, 6.07) is 0. The molecule has 0 radical (unpaired) electrons. The van der Waals surface area contributed by atoms with Crippen LogP contribution in [0.2, 0.25) is 0 Å². The predicted octanol–water partition coefficient (Wildman–Crippen LogP) is 3.71. The van der Waals surface area contributed by atoms with Crippen molar-refractivity contribution in [1.29, 1.82) is 0 Å². The number of carbonyl (C=O) groups is 4. The van der Waals surface area contributed by atoms with Crippen LogP contribution in [0, 0.1) is 17.3 Å². The Morgan fingerprint density at radius 1 is 0.893 bits per heavy atom. The van der Waals surface area contributed by atoms with Crippen molar-refractivity contribution >= 4 is 23.9 Å². The second-order valence-corrected chi connectivity index (χ2v) is 7.82. The number of esters is 2. The third kappa shape index (κ3) is 9.19. The number of ether oxygens (including phenoxy) is 2. The van der Waals surface area contributed by atoms with E-state index in [2.05, 4.69) is 9.78 Å². The van der Waals surface area contributed by atoms with Gasteiger partial charge in [0.1, 0.15) is 5.41 Å². The molecule has 0 aromatic carbocycles. The van der Waals surface area contributed by atoms with Crippen molar-refractivity contribution in [1.82, 2.24) is 0 Å². The quantitative estimate of drug-likeness (QED) is 0.223. The molecule has 8 nitrogen and oxygen atoms in total. The van der Waals surface area contributed by atoms with E-state index in [1.807, 2.05) is 20.8 Å². The molecule has 0 aliphatic rings. The number of rotatable bonds is 11. The highest BCUT2D eigenvalue weighted by Gasteiger charge is 2.45. The van der Waals surface area contributed by atoms with E-state index >= 15 is 0 Å². The number of hydrogen-bond acceptors (Lipinski definition) is 8. The molecular weight excluding hydrogens is 368 g/mol. The van der Waals surface area contributed by atoms with Gasteiger partial charge in [0.05, 0.1) is 5.92 Å². The van der Waals surface area contributed by atoms with Crippen LogP contribution in [0.3, 0.4) is 0 Å². The van der Waals surface area contributed by atoms with Gasteiger partial charge in [-0.15, -0.1) is 0 Å². The molecule has 0 aliphatic carbocycles. The predicted molar refractivity (Wildman–Crippen MR) is 100 cm³/mol. The first-order valence-corrected chi connectivity index (χ1v) is 9.77. The van der Waals surface area contributed by atoms with E-state index in [1.165, 1.54) is 13.8 Å². The molecule has 0 spiro atoms. The average molecular weight is 402 g/mol. The SMILES string of the molecule is CCCCC(=O)OC(OC(=O)CC(C)C)C(C)(C)C(=O)OOC(=O)C(C)CC. The van der Waals surface area contributed by atoms with Crippen molar-refractivity contribution < 1.29 is 38.4 Å². The normalized spacial score (nSPS) is 13.4. The second kappa shape index (κ2) is 12.4. The topological polar surface area (TPSA) is 105 Å². The Balaban J connectivity index is 5.22. The highest BCUT2D eigenvalue weighted by Crippen LogP contribution is 2.28. The van der Waals surface area contributed by atoms with Crippen molar-refractivity contribution in [2.75, 3.05) is 0 Å². The van der Waals surface area contributed by atoms with E-state index in [9.17, 15) is 19.2 Å². The molecule has 0 saturated carbocycles. The molecule has 2 unspecified atom stereocenters. The zero-order valence-corrected chi connectivity index (χ0v) is 18.0. The Kier molecular flexibility index (Phi) is 11.4. The molecule has 0 N–H and O–H groups in total. The van der Waals surface area contributed by atoms with E-state index in [1.54, 1.807) is 13.8 Å². The van der Waals surface area contributed by atoms with Crippen LogP contribution in [0.1, 0.15) is 80.6 Å². The summed E-state index contributed by atoms with van der Waals surface area (Å²) in [5.74, 6) is -3.31. The van der Waals surface area contributed by atoms with Crippen LogP contribution in [0.5, 0.6) is 0 Å². The molecule has 0 aromatic heterocycles. The van der Waals surface area contributed by atoms with Gasteiger partial charge in [0.25, 0.3) is 6.29 Å². The highest BCUT2D eigenvalue weighted by atomic mass is 17.2. The van der Waals surface area contributed by atoms with Gasteiger partial charge in [0.2, 0.25) is 0 Å². The van der Waals surface area contributed by atoms with Crippen molar-refractivity contribution in [3.8, 4) is 0 Å². The van der Waals surface area contributed by atoms with Gasteiger partial charge in [-0.2, -0.15) is 0 Å². The average Bonchev–Trinajstić information content (AvgIpc) is 2.61. The molecule has 0 aromatic rings. The standard InChI is InChI=1S/C20H34O8/c1-8-10-11-15(21)25-19(26-16(22)12-13(3)4)20(6,7)18(24)28-27-17(23)14(5)9-2/h13-14,19H,8-12H2,1-7H3. The summed E-state index contributed by atoms with van der Waals surface area (Å²) in [6.07, 6.45) is 0.620. The Morgan fingerprint density at radius 2 is 1.46 bits per heavy atom. The van der Waals surface area contributed by atoms with Crippen LogP contribution in [-0.2, 0) is 38.4 Å². The molecule has 0 fully saturated rings. The van der Waals surface area contributed by atoms with Crippen LogP contribution in [0.25, 0.3) is 0 Å². The number of carbonyl (C=O) groups excluding carboxylic acids is 4. The lowest BCUT2D eigenvalue weighted by atomic mass is 9.92. The van der Waals surface area contributed by atoms with Gasteiger partial charge in [-0.25, -0.2) is 19.4 Å². The second-order valence-electron chi connectivity index (χ2n) is 7.82. The summed E-state index contributed by atoms with van der Waals surface area (Å²) < 4.78 is 10.5. The van der Waals surface area contributed by atoms with Gasteiger partial charge in [0, 0.05) is 12.8 Å². The lowest BCUT2D eigenvalue weighted by Crippen LogP contribution is -2.44. The lowest BCUT2D eigenvalue weighted by molar-refractivity contribution is -0.278. The van der Waals surface area contributed by atoms with Crippen LogP contribution in [0.15, 0.2) is 0 Å². The highest BCUT2D eigenvalue weighted by molar-refractivity contribution is 5.79. The first-order chi connectivity index (χ1) is 12.9. The molecule has 2 atom stereocenters. The molecule has 8 heteroatoms. The zero-order chi connectivity index (χ0) is 21.9. The van der Waals surface area contributed by atoms with Gasteiger partial charge in [-0.1, -0.05) is 41.0 Å². The smallest absolute Gasteiger partial charge is 0.368 e. The van der Waals surface area contributed by atoms with Gasteiger partial charge in [-0.3, -0.25) is 9.59 Å². The third-order valence-corrected chi connectivity index (χ3v) is 4.12. The largest absolute Gasteiger partial charge is 0.424 e. The minimum absolute atomic E-state index is 0.0236. The zero-order valence-electron chi connectivity index (χ0n) is 18.0. The Hall–Kier alpha value is -2.12. The number of hydrogen-bond donors (Lipinski definition) is 0. The van der Waals surface area contributed by atoms with Crippen LogP contribution >= 0.6 is 0 Å². The Morgan fingerprint density at radius 3 is 1.96 bits per heavy atom. The third-order valence-electron chi connectivity index (χ3n) is 4.12. The summed E-state index contributed by atoms with van der Waals surface area (Å²) >= 11 is 0. The summed E-state index contributed by atoms with van der Waals surface area (Å²) in [4.78, 5) is 57.4. The summed E-state index contributed by atoms with van der Waals surface area (Å²) in [5, 5.41) is 0. The maximum absolute atomic E-state index is 12.4. The fourth-order valence-corrected chi connectivity index (χ4v) is 1.85. The molecule has 0 amide bonds. The summed E-state index contributed by atoms with van der Waals surface area (Å²) in [6.45, 7) is 11.8. The van der Waals surface area contributed by atoms with Crippen molar-refractivity contribution in [2.24, 2.45) is 17.3 Å². The monoisotopic (exact) mass is 402 g/mol. The van der Waals surface area contributed by atoms with Crippen molar-refractivity contribution in [3.05, 3.63) is 0 Å². The fourth-order valence-electron chi connectivity index (χ4n) is 1.85. The van der Waals surface area contributed by atoms with E-state index in [0.717, 1.165) is 6.42 Å². The maximum atomic E-state index is 12.4. The molecule has 0 rings (SSSR count). The van der Waals surface area contributed by atoms with E-state index in [0.29, 0.717) is 12.8 Å². The van der Waals surface area contributed by atoms with E-state index < -0.39 is 41.5 Å².